The summed E-state index contributed by atoms with van der Waals surface area (Å²) in [6.07, 6.45) is 4.03. The van der Waals surface area contributed by atoms with E-state index in [2.05, 4.69) is 15.3 Å². The number of nitrogens with zero attached hydrogens (tertiary/aromatic N) is 3. The maximum Gasteiger partial charge on any atom is 0.356 e. The molecule has 1 saturated heterocycles. The fourth-order valence-corrected chi connectivity index (χ4v) is 2.90. The first-order valence-electron chi connectivity index (χ1n) is 8.35. The third-order valence-corrected chi connectivity index (χ3v) is 4.43. The summed E-state index contributed by atoms with van der Waals surface area (Å²) in [7, 11) is 0. The minimum absolute atomic E-state index is 0.0127. The van der Waals surface area contributed by atoms with Gasteiger partial charge in [0, 0.05) is 25.6 Å². The lowest BCUT2D eigenvalue weighted by Gasteiger charge is -2.31. The van der Waals surface area contributed by atoms with E-state index in [1.165, 1.54) is 24.5 Å². The van der Waals surface area contributed by atoms with E-state index >= 15 is 0 Å². The predicted octanol–water partition coefficient (Wildman–Crippen LogP) is 1.85. The van der Waals surface area contributed by atoms with Gasteiger partial charge in [0.15, 0.2) is 5.69 Å². The maximum atomic E-state index is 12.9. The molecule has 1 aliphatic rings. The third kappa shape index (κ3) is 4.33. The van der Waals surface area contributed by atoms with Gasteiger partial charge in [0.25, 0.3) is 0 Å². The lowest BCUT2D eigenvalue weighted by atomic mass is 9.96. The quantitative estimate of drug-likeness (QED) is 0.847. The van der Waals surface area contributed by atoms with Crippen molar-refractivity contribution in [1.29, 1.82) is 0 Å². The number of aromatic carboxylic acids is 1. The van der Waals surface area contributed by atoms with Crippen LogP contribution < -0.4 is 10.2 Å². The molecule has 1 aliphatic heterocycles. The summed E-state index contributed by atoms with van der Waals surface area (Å²) in [5.41, 5.74) is 0.759. The molecule has 1 aromatic heterocycles. The second-order valence-corrected chi connectivity index (χ2v) is 6.17. The van der Waals surface area contributed by atoms with Crippen LogP contribution in [0.1, 0.15) is 28.9 Å². The van der Waals surface area contributed by atoms with Crippen molar-refractivity contribution in [3.8, 4) is 0 Å². The molecule has 2 aromatic rings. The first-order valence-corrected chi connectivity index (χ1v) is 8.35. The largest absolute Gasteiger partial charge is 0.476 e. The average Bonchev–Trinajstić information content (AvgIpc) is 2.67. The minimum atomic E-state index is -1.11. The summed E-state index contributed by atoms with van der Waals surface area (Å²) in [4.78, 5) is 33.1. The Morgan fingerprint density at radius 1 is 1.15 bits per heavy atom. The van der Waals surface area contributed by atoms with Gasteiger partial charge < -0.3 is 15.3 Å². The molecule has 1 amide bonds. The molecule has 1 aromatic carbocycles. The molecule has 0 radical (unpaired) electrons. The standard InChI is InChI=1S/C18H19FN4O3/c19-14-3-1-12(2-4-14)9-22-17(24)13-5-7-23(8-6-13)16-11-20-15(10-21-16)18(25)26/h1-4,10-11,13H,5-9H2,(H,22,24)(H,25,26). The molecule has 8 heteroatoms. The van der Waals surface area contributed by atoms with Crippen molar-refractivity contribution in [2.45, 2.75) is 19.4 Å². The van der Waals surface area contributed by atoms with E-state index in [1.807, 2.05) is 4.90 Å². The lowest BCUT2D eigenvalue weighted by molar-refractivity contribution is -0.125. The van der Waals surface area contributed by atoms with Gasteiger partial charge in [0.2, 0.25) is 5.91 Å². The summed E-state index contributed by atoms with van der Waals surface area (Å²) in [5, 5.41) is 11.7. The van der Waals surface area contributed by atoms with E-state index in [-0.39, 0.29) is 23.3 Å². The SMILES string of the molecule is O=C(O)c1cnc(N2CCC(C(=O)NCc3ccc(F)cc3)CC2)cn1. The number of anilines is 1. The van der Waals surface area contributed by atoms with Crippen molar-refractivity contribution < 1.29 is 19.1 Å². The average molecular weight is 358 g/mol. The number of carbonyl (C=O) groups excluding carboxylic acids is 1. The van der Waals surface area contributed by atoms with E-state index < -0.39 is 5.97 Å². The Kier molecular flexibility index (Phi) is 5.40. The van der Waals surface area contributed by atoms with E-state index in [9.17, 15) is 14.0 Å². The molecule has 136 valence electrons. The van der Waals surface area contributed by atoms with Crippen molar-refractivity contribution >= 4 is 17.7 Å². The first-order chi connectivity index (χ1) is 12.5. The molecule has 2 heterocycles. The van der Waals surface area contributed by atoms with Crippen molar-refractivity contribution in [2.24, 2.45) is 5.92 Å². The van der Waals surface area contributed by atoms with E-state index in [0.29, 0.717) is 38.3 Å². The molecule has 0 bridgehead atoms. The van der Waals surface area contributed by atoms with Gasteiger partial charge in [-0.1, -0.05) is 12.1 Å². The van der Waals surface area contributed by atoms with E-state index in [1.54, 1.807) is 12.1 Å². The van der Waals surface area contributed by atoms with Crippen LogP contribution in [-0.4, -0.2) is 40.0 Å². The highest BCUT2D eigenvalue weighted by atomic mass is 19.1. The Labute approximate surface area is 149 Å². The van der Waals surface area contributed by atoms with Crippen molar-refractivity contribution in [3.05, 3.63) is 53.7 Å². The molecular formula is C18H19FN4O3. The van der Waals surface area contributed by atoms with E-state index in [0.717, 1.165) is 5.56 Å². The van der Waals surface area contributed by atoms with Crippen LogP contribution in [-0.2, 0) is 11.3 Å². The van der Waals surface area contributed by atoms with Crippen LogP contribution >= 0.6 is 0 Å². The minimum Gasteiger partial charge on any atom is -0.476 e. The Bertz CT molecular complexity index is 772. The Morgan fingerprint density at radius 3 is 2.42 bits per heavy atom. The van der Waals surface area contributed by atoms with Crippen molar-refractivity contribution in [3.63, 3.8) is 0 Å². The zero-order chi connectivity index (χ0) is 18.5. The summed E-state index contributed by atoms with van der Waals surface area (Å²) >= 11 is 0. The fraction of sp³-hybridized carbons (Fsp3) is 0.333. The van der Waals surface area contributed by atoms with Crippen LogP contribution in [0.2, 0.25) is 0 Å². The predicted molar refractivity (Wildman–Crippen MR) is 92.2 cm³/mol. The summed E-state index contributed by atoms with van der Waals surface area (Å²) in [6.45, 7) is 1.67. The van der Waals surface area contributed by atoms with Crippen LogP contribution in [0, 0.1) is 11.7 Å². The highest BCUT2D eigenvalue weighted by molar-refractivity contribution is 5.85. The van der Waals surface area contributed by atoms with Gasteiger partial charge in [-0.15, -0.1) is 0 Å². The number of halogens is 1. The van der Waals surface area contributed by atoms with Gasteiger partial charge in [-0.2, -0.15) is 0 Å². The first kappa shape index (κ1) is 17.8. The number of piperidine rings is 1. The monoisotopic (exact) mass is 358 g/mol. The number of aromatic nitrogens is 2. The van der Waals surface area contributed by atoms with E-state index in [4.69, 9.17) is 5.11 Å². The maximum absolute atomic E-state index is 12.9. The molecule has 0 spiro atoms. The number of carbonyl (C=O) groups is 2. The van der Waals surface area contributed by atoms with Crippen LogP contribution in [0.5, 0.6) is 0 Å². The normalized spacial score (nSPS) is 14.9. The van der Waals surface area contributed by atoms with Crippen LogP contribution in [0.25, 0.3) is 0 Å². The molecular weight excluding hydrogens is 339 g/mol. The molecule has 0 atom stereocenters. The molecule has 0 aliphatic carbocycles. The zero-order valence-corrected chi connectivity index (χ0v) is 14.1. The van der Waals surface area contributed by atoms with Gasteiger partial charge >= 0.3 is 5.97 Å². The highest BCUT2D eigenvalue weighted by Crippen LogP contribution is 2.21. The van der Waals surface area contributed by atoms with Gasteiger partial charge in [0.1, 0.15) is 11.6 Å². The number of amides is 1. The van der Waals surface area contributed by atoms with Gasteiger partial charge in [-0.3, -0.25) is 4.79 Å². The van der Waals surface area contributed by atoms with Crippen LogP contribution in [0.3, 0.4) is 0 Å². The number of hydrogen-bond acceptors (Lipinski definition) is 5. The highest BCUT2D eigenvalue weighted by Gasteiger charge is 2.25. The molecule has 1 fully saturated rings. The third-order valence-electron chi connectivity index (χ3n) is 4.43. The summed E-state index contributed by atoms with van der Waals surface area (Å²) in [5.74, 6) is -0.896. The summed E-state index contributed by atoms with van der Waals surface area (Å²) < 4.78 is 12.9. The van der Waals surface area contributed by atoms with Crippen LogP contribution in [0.15, 0.2) is 36.7 Å². The second kappa shape index (κ2) is 7.90. The lowest BCUT2D eigenvalue weighted by Crippen LogP contribution is -2.40. The summed E-state index contributed by atoms with van der Waals surface area (Å²) in [6, 6.07) is 6.04. The number of rotatable bonds is 5. The Balaban J connectivity index is 1.48. The number of nitrogens with one attached hydrogen (secondary N) is 1. The number of carboxylic acid groups (broad SMARTS) is 1. The fourth-order valence-electron chi connectivity index (χ4n) is 2.90. The van der Waals surface area contributed by atoms with Crippen molar-refractivity contribution in [2.75, 3.05) is 18.0 Å². The molecule has 0 unspecified atom stereocenters. The topological polar surface area (TPSA) is 95.4 Å². The van der Waals surface area contributed by atoms with Crippen molar-refractivity contribution in [1.82, 2.24) is 15.3 Å². The van der Waals surface area contributed by atoms with Gasteiger partial charge in [-0.25, -0.2) is 19.2 Å². The molecule has 26 heavy (non-hydrogen) atoms. The van der Waals surface area contributed by atoms with Crippen LogP contribution in [0.4, 0.5) is 10.2 Å². The molecule has 3 rings (SSSR count). The van der Waals surface area contributed by atoms with Gasteiger partial charge in [-0.05, 0) is 30.5 Å². The Morgan fingerprint density at radius 2 is 1.85 bits per heavy atom. The van der Waals surface area contributed by atoms with Gasteiger partial charge in [0.05, 0.1) is 12.4 Å². The number of carboxylic acids is 1. The Hall–Kier alpha value is -3.03. The molecule has 7 nitrogen and oxygen atoms in total. The number of hydrogen-bond donors (Lipinski definition) is 2. The molecule has 2 N–H and O–H groups in total. The zero-order valence-electron chi connectivity index (χ0n) is 14.1. The smallest absolute Gasteiger partial charge is 0.356 e. The number of benzene rings is 1. The second-order valence-electron chi connectivity index (χ2n) is 6.17. The molecule has 0 saturated carbocycles.